The van der Waals surface area contributed by atoms with Crippen molar-refractivity contribution in [1.82, 2.24) is 15.5 Å². The molecule has 0 aromatic heterocycles. The van der Waals surface area contributed by atoms with E-state index in [1.165, 1.54) is 0 Å². The van der Waals surface area contributed by atoms with E-state index in [1.54, 1.807) is 24.9 Å². The fourth-order valence-corrected chi connectivity index (χ4v) is 2.32. The number of urea groups is 1. The van der Waals surface area contributed by atoms with Crippen molar-refractivity contribution in [3.05, 3.63) is 33.8 Å². The summed E-state index contributed by atoms with van der Waals surface area (Å²) in [4.78, 5) is 25.5. The highest BCUT2D eigenvalue weighted by molar-refractivity contribution is 6.42. The number of imide groups is 1. The lowest BCUT2D eigenvalue weighted by Crippen LogP contribution is -2.48. The number of carbonyl (C=O) groups is 2. The van der Waals surface area contributed by atoms with Crippen LogP contribution in [0.2, 0.25) is 10.0 Å². The largest absolute Gasteiger partial charge is 0.335 e. The van der Waals surface area contributed by atoms with Gasteiger partial charge in [0.2, 0.25) is 5.91 Å². The summed E-state index contributed by atoms with van der Waals surface area (Å²) in [7, 11) is 1.79. The molecular formula is C15H19Cl2N3O2. The molecule has 7 heteroatoms. The number of hydrogen-bond acceptors (Lipinski definition) is 3. The van der Waals surface area contributed by atoms with Gasteiger partial charge in [-0.1, -0.05) is 35.3 Å². The Balaban J connectivity index is 1.90. The van der Waals surface area contributed by atoms with Gasteiger partial charge in [-0.2, -0.15) is 0 Å². The monoisotopic (exact) mass is 343 g/mol. The zero-order valence-corrected chi connectivity index (χ0v) is 14.0. The van der Waals surface area contributed by atoms with E-state index in [1.807, 2.05) is 12.1 Å². The number of nitrogens with one attached hydrogen (secondary N) is 2. The van der Waals surface area contributed by atoms with Gasteiger partial charge in [-0.25, -0.2) is 4.79 Å². The van der Waals surface area contributed by atoms with Crippen molar-refractivity contribution in [2.75, 3.05) is 7.05 Å². The van der Waals surface area contributed by atoms with Crippen LogP contribution in [0.4, 0.5) is 4.79 Å². The van der Waals surface area contributed by atoms with Crippen LogP contribution in [-0.4, -0.2) is 36.0 Å². The van der Waals surface area contributed by atoms with Crippen molar-refractivity contribution in [2.24, 2.45) is 0 Å². The molecule has 120 valence electrons. The Bertz CT molecular complexity index is 576. The summed E-state index contributed by atoms with van der Waals surface area (Å²) in [6, 6.07) is 4.69. The molecule has 0 bridgehead atoms. The maximum Gasteiger partial charge on any atom is 0.321 e. The zero-order chi connectivity index (χ0) is 16.3. The summed E-state index contributed by atoms with van der Waals surface area (Å²) in [5, 5.41) is 6.03. The second kappa shape index (κ2) is 7.31. The molecule has 1 fully saturated rings. The SMILES string of the molecule is CC(C(=O)NC(=O)NC1CC1)N(C)Cc1cccc(Cl)c1Cl. The standard InChI is InChI=1S/C15H19Cl2N3O2/c1-9(14(21)19-15(22)18-11-6-7-11)20(2)8-10-4-3-5-12(16)13(10)17/h3-5,9,11H,6-8H2,1-2H3,(H2,18,19,21,22). The van der Waals surface area contributed by atoms with Gasteiger partial charge in [-0.05, 0) is 38.4 Å². The summed E-state index contributed by atoms with van der Waals surface area (Å²) in [6.07, 6.45) is 1.95. The van der Waals surface area contributed by atoms with Gasteiger partial charge in [0.15, 0.2) is 0 Å². The van der Waals surface area contributed by atoms with E-state index in [9.17, 15) is 9.59 Å². The summed E-state index contributed by atoms with van der Waals surface area (Å²) in [6.45, 7) is 2.19. The van der Waals surface area contributed by atoms with E-state index in [0.717, 1.165) is 18.4 Å². The minimum Gasteiger partial charge on any atom is -0.335 e. The average molecular weight is 344 g/mol. The predicted molar refractivity (Wildman–Crippen MR) is 87.1 cm³/mol. The van der Waals surface area contributed by atoms with Crippen LogP contribution in [-0.2, 0) is 11.3 Å². The van der Waals surface area contributed by atoms with Gasteiger partial charge in [0.05, 0.1) is 16.1 Å². The van der Waals surface area contributed by atoms with Gasteiger partial charge in [-0.3, -0.25) is 15.0 Å². The Morgan fingerprint density at radius 3 is 2.68 bits per heavy atom. The highest BCUT2D eigenvalue weighted by atomic mass is 35.5. The highest BCUT2D eigenvalue weighted by Gasteiger charge is 2.26. The van der Waals surface area contributed by atoms with Crippen molar-refractivity contribution in [3.63, 3.8) is 0 Å². The quantitative estimate of drug-likeness (QED) is 0.864. The fourth-order valence-electron chi connectivity index (χ4n) is 1.94. The topological polar surface area (TPSA) is 61.4 Å². The summed E-state index contributed by atoms with van der Waals surface area (Å²) in [5.74, 6) is -0.348. The molecule has 5 nitrogen and oxygen atoms in total. The van der Waals surface area contributed by atoms with Crippen LogP contribution in [0.3, 0.4) is 0 Å². The average Bonchev–Trinajstić information content (AvgIpc) is 3.26. The molecule has 0 radical (unpaired) electrons. The molecule has 0 aliphatic heterocycles. The smallest absolute Gasteiger partial charge is 0.321 e. The molecule has 2 N–H and O–H groups in total. The summed E-state index contributed by atoms with van der Waals surface area (Å²) >= 11 is 12.1. The molecule has 1 atom stereocenters. The van der Waals surface area contributed by atoms with E-state index in [0.29, 0.717) is 16.6 Å². The Morgan fingerprint density at radius 2 is 2.05 bits per heavy atom. The molecular weight excluding hydrogens is 325 g/mol. The van der Waals surface area contributed by atoms with Crippen LogP contribution in [0.25, 0.3) is 0 Å². The van der Waals surface area contributed by atoms with Gasteiger partial charge in [-0.15, -0.1) is 0 Å². The number of hydrogen-bond donors (Lipinski definition) is 2. The van der Waals surface area contributed by atoms with Crippen molar-refractivity contribution < 1.29 is 9.59 Å². The van der Waals surface area contributed by atoms with Crippen LogP contribution in [0.15, 0.2) is 18.2 Å². The number of nitrogens with zero attached hydrogens (tertiary/aromatic N) is 1. The normalized spacial score (nSPS) is 15.5. The van der Waals surface area contributed by atoms with Crippen LogP contribution in [0.1, 0.15) is 25.3 Å². The maximum atomic E-state index is 12.1. The first-order chi connectivity index (χ1) is 10.4. The number of amides is 3. The van der Waals surface area contributed by atoms with E-state index >= 15 is 0 Å². The lowest BCUT2D eigenvalue weighted by molar-refractivity contribution is -0.124. The fraction of sp³-hybridized carbons (Fsp3) is 0.467. The van der Waals surface area contributed by atoms with Crippen LogP contribution >= 0.6 is 23.2 Å². The van der Waals surface area contributed by atoms with E-state index in [-0.39, 0.29) is 11.9 Å². The van der Waals surface area contributed by atoms with Crippen LogP contribution < -0.4 is 10.6 Å². The molecule has 3 amide bonds. The predicted octanol–water partition coefficient (Wildman–Crippen LogP) is 2.80. The first-order valence-electron chi connectivity index (χ1n) is 7.13. The maximum absolute atomic E-state index is 12.1. The molecule has 0 spiro atoms. The minimum atomic E-state index is -0.472. The molecule has 0 heterocycles. The van der Waals surface area contributed by atoms with Crippen molar-refractivity contribution in [3.8, 4) is 0 Å². The first kappa shape index (κ1) is 17.1. The summed E-state index contributed by atoms with van der Waals surface area (Å²) in [5.41, 5.74) is 0.832. The molecule has 1 unspecified atom stereocenters. The molecule has 1 saturated carbocycles. The third kappa shape index (κ3) is 4.60. The lowest BCUT2D eigenvalue weighted by Gasteiger charge is -2.24. The molecule has 2 rings (SSSR count). The van der Waals surface area contributed by atoms with Gasteiger partial charge in [0.25, 0.3) is 0 Å². The molecule has 1 aliphatic rings. The summed E-state index contributed by atoms with van der Waals surface area (Å²) < 4.78 is 0. The van der Waals surface area contributed by atoms with Gasteiger partial charge >= 0.3 is 6.03 Å². The molecule has 1 aromatic rings. The number of halogens is 2. The van der Waals surface area contributed by atoms with Crippen molar-refractivity contribution in [2.45, 2.75) is 38.4 Å². The minimum absolute atomic E-state index is 0.214. The van der Waals surface area contributed by atoms with Crippen molar-refractivity contribution >= 4 is 35.1 Å². The van der Waals surface area contributed by atoms with Crippen LogP contribution in [0.5, 0.6) is 0 Å². The Hall–Kier alpha value is -1.30. The number of benzene rings is 1. The van der Waals surface area contributed by atoms with Gasteiger partial charge in [0, 0.05) is 12.6 Å². The Morgan fingerprint density at radius 1 is 1.36 bits per heavy atom. The van der Waals surface area contributed by atoms with Crippen molar-refractivity contribution in [1.29, 1.82) is 0 Å². The van der Waals surface area contributed by atoms with Gasteiger partial charge < -0.3 is 5.32 Å². The number of rotatable bonds is 5. The van der Waals surface area contributed by atoms with E-state index in [2.05, 4.69) is 10.6 Å². The number of likely N-dealkylation sites (N-methyl/N-ethyl adjacent to an activating group) is 1. The molecule has 1 aromatic carbocycles. The van der Waals surface area contributed by atoms with Gasteiger partial charge in [0.1, 0.15) is 0 Å². The van der Waals surface area contributed by atoms with E-state index in [4.69, 9.17) is 23.2 Å². The molecule has 22 heavy (non-hydrogen) atoms. The third-order valence-corrected chi connectivity index (χ3v) is 4.50. The highest BCUT2D eigenvalue weighted by Crippen LogP contribution is 2.26. The second-order valence-electron chi connectivity index (χ2n) is 5.54. The first-order valence-corrected chi connectivity index (χ1v) is 7.88. The number of carbonyl (C=O) groups excluding carboxylic acids is 2. The van der Waals surface area contributed by atoms with E-state index < -0.39 is 12.1 Å². The zero-order valence-electron chi connectivity index (χ0n) is 12.5. The Labute approximate surface area is 139 Å². The second-order valence-corrected chi connectivity index (χ2v) is 6.33. The third-order valence-electron chi connectivity index (χ3n) is 3.64. The Kier molecular flexibility index (Phi) is 5.67. The lowest BCUT2D eigenvalue weighted by atomic mass is 10.2. The molecule has 1 aliphatic carbocycles. The molecule has 0 saturated heterocycles. The van der Waals surface area contributed by atoms with Crippen LogP contribution in [0, 0.1) is 0 Å².